The first-order valence-electron chi connectivity index (χ1n) is 10.7. The molecule has 2 fully saturated rings. The Hall–Kier alpha value is -0.730. The van der Waals surface area contributed by atoms with Gasteiger partial charge in [-0.3, -0.25) is 4.99 Å². The molecular weight excluding hydrogens is 467 g/mol. The molecule has 2 aliphatic rings. The van der Waals surface area contributed by atoms with E-state index in [2.05, 4.69) is 31.0 Å². The second-order valence-corrected chi connectivity index (χ2v) is 9.38. The van der Waals surface area contributed by atoms with Crippen molar-refractivity contribution < 1.29 is 9.53 Å². The molecule has 0 aromatic rings. The Morgan fingerprint density at radius 1 is 1.21 bits per heavy atom. The third-order valence-corrected chi connectivity index (χ3v) is 4.93. The first-order chi connectivity index (χ1) is 12.7. The maximum atomic E-state index is 12.8. The summed E-state index contributed by atoms with van der Waals surface area (Å²) in [5.74, 6) is 2.23. The summed E-state index contributed by atoms with van der Waals surface area (Å²) in [6, 6.07) is 0.268. The summed E-state index contributed by atoms with van der Waals surface area (Å²) in [4.78, 5) is 21.9. The number of nitrogens with zero attached hydrogens (tertiary/aromatic N) is 3. The molecule has 6 nitrogen and oxygen atoms in total. The van der Waals surface area contributed by atoms with Crippen molar-refractivity contribution in [1.29, 1.82) is 0 Å². The maximum Gasteiger partial charge on any atom is 0.410 e. The standard InChI is InChI=1S/C21H40N4O2.HI/c1-7-22-19(23-14-16(2)3)24-12-10-18(11-13-24)25(15-17-8-9-17)20(26)27-21(4,5)6;/h16-18H,7-15H2,1-6H3,(H,22,23);1H. The van der Waals surface area contributed by atoms with E-state index in [4.69, 9.17) is 9.73 Å². The van der Waals surface area contributed by atoms with Crippen LogP contribution in [0.3, 0.4) is 0 Å². The van der Waals surface area contributed by atoms with E-state index in [1.54, 1.807) is 0 Å². The predicted molar refractivity (Wildman–Crippen MR) is 126 cm³/mol. The van der Waals surface area contributed by atoms with Gasteiger partial charge in [0.15, 0.2) is 5.96 Å². The second-order valence-electron chi connectivity index (χ2n) is 9.38. The molecule has 1 aliphatic heterocycles. The highest BCUT2D eigenvalue weighted by molar-refractivity contribution is 14.0. The Morgan fingerprint density at radius 2 is 1.82 bits per heavy atom. The van der Waals surface area contributed by atoms with Crippen LogP contribution in [0, 0.1) is 11.8 Å². The lowest BCUT2D eigenvalue weighted by atomic mass is 10.0. The number of ether oxygens (including phenoxy) is 1. The fraction of sp³-hybridized carbons (Fsp3) is 0.905. The van der Waals surface area contributed by atoms with Gasteiger partial charge in [0.1, 0.15) is 5.60 Å². The average molecular weight is 508 g/mol. The fourth-order valence-corrected chi connectivity index (χ4v) is 3.36. The first kappa shape index (κ1) is 25.3. The molecular formula is C21H41IN4O2. The minimum Gasteiger partial charge on any atom is -0.444 e. The summed E-state index contributed by atoms with van der Waals surface area (Å²) in [6.07, 6.45) is 4.28. The summed E-state index contributed by atoms with van der Waals surface area (Å²) in [7, 11) is 0. The topological polar surface area (TPSA) is 57.2 Å². The van der Waals surface area contributed by atoms with Gasteiger partial charge in [0.05, 0.1) is 0 Å². The second kappa shape index (κ2) is 11.5. The SMILES string of the molecule is CCNC(=NCC(C)C)N1CCC(N(CC2CC2)C(=O)OC(C)(C)C)CC1.I. The molecule has 0 atom stereocenters. The van der Waals surface area contributed by atoms with Crippen LogP contribution in [0.1, 0.15) is 67.2 Å². The number of halogens is 1. The number of carbonyl (C=O) groups excluding carboxylic acids is 1. The highest BCUT2D eigenvalue weighted by Crippen LogP contribution is 2.32. The number of hydrogen-bond donors (Lipinski definition) is 1. The number of guanidine groups is 1. The molecule has 0 aromatic heterocycles. The molecule has 1 aliphatic carbocycles. The van der Waals surface area contributed by atoms with Crippen molar-refractivity contribution in [2.75, 3.05) is 32.7 Å². The van der Waals surface area contributed by atoms with E-state index in [1.807, 2.05) is 25.7 Å². The van der Waals surface area contributed by atoms with Gasteiger partial charge in [-0.25, -0.2) is 4.79 Å². The van der Waals surface area contributed by atoms with Gasteiger partial charge in [0.2, 0.25) is 0 Å². The van der Waals surface area contributed by atoms with Gasteiger partial charge < -0.3 is 19.9 Å². The molecule has 0 aromatic carbocycles. The van der Waals surface area contributed by atoms with Crippen LogP contribution in [-0.2, 0) is 4.74 Å². The minimum absolute atomic E-state index is 0. The molecule has 0 radical (unpaired) electrons. The van der Waals surface area contributed by atoms with Crippen molar-refractivity contribution in [2.45, 2.75) is 78.9 Å². The molecule has 1 saturated carbocycles. The molecule has 1 heterocycles. The zero-order valence-electron chi connectivity index (χ0n) is 18.7. The van der Waals surface area contributed by atoms with E-state index < -0.39 is 5.60 Å². The van der Waals surface area contributed by atoms with E-state index in [1.165, 1.54) is 12.8 Å². The van der Waals surface area contributed by atoms with Crippen molar-refractivity contribution in [3.05, 3.63) is 0 Å². The minimum atomic E-state index is -0.443. The molecule has 164 valence electrons. The summed E-state index contributed by atoms with van der Waals surface area (Å²) in [5.41, 5.74) is -0.443. The Kier molecular flexibility index (Phi) is 10.4. The third kappa shape index (κ3) is 8.74. The van der Waals surface area contributed by atoms with Gasteiger partial charge >= 0.3 is 6.09 Å². The Balaban J connectivity index is 0.00000392. The molecule has 28 heavy (non-hydrogen) atoms. The number of amides is 1. The maximum absolute atomic E-state index is 12.8. The van der Waals surface area contributed by atoms with Crippen LogP contribution < -0.4 is 5.32 Å². The number of rotatable bonds is 6. The molecule has 1 saturated heterocycles. The molecule has 7 heteroatoms. The van der Waals surface area contributed by atoms with Crippen LogP contribution in [-0.4, -0.2) is 66.2 Å². The van der Waals surface area contributed by atoms with Crippen molar-refractivity contribution in [1.82, 2.24) is 15.1 Å². The monoisotopic (exact) mass is 508 g/mol. The van der Waals surface area contributed by atoms with Crippen molar-refractivity contribution >= 4 is 36.0 Å². The lowest BCUT2D eigenvalue weighted by Crippen LogP contribution is -2.52. The van der Waals surface area contributed by atoms with Gasteiger partial charge in [-0.05, 0) is 65.2 Å². The number of hydrogen-bond acceptors (Lipinski definition) is 3. The van der Waals surface area contributed by atoms with E-state index in [0.29, 0.717) is 11.8 Å². The summed E-state index contributed by atoms with van der Waals surface area (Å²) in [6.45, 7) is 16.7. The first-order valence-corrected chi connectivity index (χ1v) is 10.7. The Bertz CT molecular complexity index is 507. The third-order valence-electron chi connectivity index (χ3n) is 4.93. The van der Waals surface area contributed by atoms with E-state index >= 15 is 0 Å². The summed E-state index contributed by atoms with van der Waals surface area (Å²) >= 11 is 0. The molecule has 1 amide bonds. The van der Waals surface area contributed by atoms with Crippen LogP contribution >= 0.6 is 24.0 Å². The van der Waals surface area contributed by atoms with Gasteiger partial charge in [0, 0.05) is 38.8 Å². The molecule has 0 bridgehead atoms. The van der Waals surface area contributed by atoms with Crippen LogP contribution in [0.15, 0.2) is 4.99 Å². The smallest absolute Gasteiger partial charge is 0.410 e. The van der Waals surface area contributed by atoms with Crippen molar-refractivity contribution in [3.8, 4) is 0 Å². The number of aliphatic imine (C=N–C) groups is 1. The predicted octanol–water partition coefficient (Wildman–Crippen LogP) is 4.34. The zero-order chi connectivity index (χ0) is 20.0. The summed E-state index contributed by atoms with van der Waals surface area (Å²) < 4.78 is 5.70. The largest absolute Gasteiger partial charge is 0.444 e. The van der Waals surface area contributed by atoms with Crippen LogP contribution in [0.4, 0.5) is 4.79 Å². The van der Waals surface area contributed by atoms with Crippen molar-refractivity contribution in [3.63, 3.8) is 0 Å². The normalized spacial score (nSPS) is 18.7. The lowest BCUT2D eigenvalue weighted by Gasteiger charge is -2.40. The van der Waals surface area contributed by atoms with Crippen LogP contribution in [0.25, 0.3) is 0 Å². The number of piperidine rings is 1. The van der Waals surface area contributed by atoms with E-state index in [0.717, 1.165) is 51.5 Å². The molecule has 1 N–H and O–H groups in total. The van der Waals surface area contributed by atoms with E-state index in [-0.39, 0.29) is 36.1 Å². The highest BCUT2D eigenvalue weighted by atomic mass is 127. The number of likely N-dealkylation sites (tertiary alicyclic amines) is 1. The highest BCUT2D eigenvalue weighted by Gasteiger charge is 2.35. The van der Waals surface area contributed by atoms with Gasteiger partial charge in [0.25, 0.3) is 0 Å². The number of nitrogens with one attached hydrogen (secondary N) is 1. The molecule has 2 rings (SSSR count). The van der Waals surface area contributed by atoms with Gasteiger partial charge in [-0.1, -0.05) is 13.8 Å². The molecule has 0 unspecified atom stereocenters. The van der Waals surface area contributed by atoms with E-state index in [9.17, 15) is 4.79 Å². The van der Waals surface area contributed by atoms with Crippen molar-refractivity contribution in [2.24, 2.45) is 16.8 Å². The average Bonchev–Trinajstić information content (AvgIpc) is 3.39. The van der Waals surface area contributed by atoms with Crippen LogP contribution in [0.5, 0.6) is 0 Å². The number of carbonyl (C=O) groups is 1. The van der Waals surface area contributed by atoms with Gasteiger partial charge in [-0.15, -0.1) is 24.0 Å². The Morgan fingerprint density at radius 3 is 2.29 bits per heavy atom. The quantitative estimate of drug-likeness (QED) is 0.330. The Labute approximate surface area is 188 Å². The zero-order valence-corrected chi connectivity index (χ0v) is 21.0. The fourth-order valence-electron chi connectivity index (χ4n) is 3.36. The van der Waals surface area contributed by atoms with Gasteiger partial charge in [-0.2, -0.15) is 0 Å². The summed E-state index contributed by atoms with van der Waals surface area (Å²) in [5, 5.41) is 3.42. The van der Waals surface area contributed by atoms with Crippen LogP contribution in [0.2, 0.25) is 0 Å². The molecule has 0 spiro atoms. The lowest BCUT2D eigenvalue weighted by molar-refractivity contribution is 0.00928.